The molecule has 8 nitrogen and oxygen atoms in total. The lowest BCUT2D eigenvalue weighted by Crippen LogP contribution is -2.24. The lowest BCUT2D eigenvalue weighted by molar-refractivity contribution is -0.117. The van der Waals surface area contributed by atoms with E-state index in [2.05, 4.69) is 10.6 Å². The molecule has 2 aliphatic rings. The van der Waals surface area contributed by atoms with Crippen LogP contribution in [0.25, 0.3) is 11.0 Å². The summed E-state index contributed by atoms with van der Waals surface area (Å²) in [5.74, 6) is 3.95. The second kappa shape index (κ2) is 9.45. The van der Waals surface area contributed by atoms with Crippen LogP contribution in [0.15, 0.2) is 66.7 Å². The molecule has 3 aromatic carbocycles. The Labute approximate surface area is 209 Å². The summed E-state index contributed by atoms with van der Waals surface area (Å²) >= 11 is 0. The maximum atomic E-state index is 13.0. The molecule has 2 aliphatic heterocycles. The quantitative estimate of drug-likeness (QED) is 0.335. The number of amides is 1. The van der Waals surface area contributed by atoms with Crippen LogP contribution in [0, 0.1) is 0 Å². The molecule has 0 saturated carbocycles. The number of carbonyl (C=O) groups is 1. The van der Waals surface area contributed by atoms with Crippen molar-refractivity contribution in [2.75, 3.05) is 32.0 Å². The number of carbonyl (C=O) groups excluding carboxylic acids is 1. The van der Waals surface area contributed by atoms with Crippen LogP contribution in [0.5, 0.6) is 23.0 Å². The highest BCUT2D eigenvalue weighted by atomic mass is 16.7. The number of rotatable bonds is 8. The maximum absolute atomic E-state index is 13.0. The van der Waals surface area contributed by atoms with Crippen molar-refractivity contribution in [3.8, 4) is 23.0 Å². The molecule has 8 heteroatoms. The molecule has 0 aliphatic carbocycles. The number of para-hydroxylation sites is 2. The number of fused-ring (bicyclic) bond motifs is 2. The van der Waals surface area contributed by atoms with E-state index < -0.39 is 0 Å². The van der Waals surface area contributed by atoms with Crippen LogP contribution in [0.3, 0.4) is 0 Å². The number of aryl methyl sites for hydroxylation is 1. The molecule has 1 amide bonds. The third kappa shape index (κ3) is 4.19. The van der Waals surface area contributed by atoms with Gasteiger partial charge >= 0.3 is 0 Å². The molecule has 1 atom stereocenters. The van der Waals surface area contributed by atoms with Crippen molar-refractivity contribution >= 4 is 22.6 Å². The summed E-state index contributed by atoms with van der Waals surface area (Å²) in [6.45, 7) is 2.09. The first-order valence-electron chi connectivity index (χ1n) is 12.1. The summed E-state index contributed by atoms with van der Waals surface area (Å²) in [6.07, 6.45) is 1.22. The van der Waals surface area contributed by atoms with Gasteiger partial charge in [0.15, 0.2) is 11.5 Å². The fourth-order valence-electron chi connectivity index (χ4n) is 4.93. The minimum Gasteiger partial charge on any atom is -0.497 e. The predicted octanol–water partition coefficient (Wildman–Crippen LogP) is 4.76. The number of benzene rings is 3. The van der Waals surface area contributed by atoms with Crippen molar-refractivity contribution in [1.29, 1.82) is 0 Å². The Balaban J connectivity index is 1.20. The summed E-state index contributed by atoms with van der Waals surface area (Å²) in [5, 5.41) is 0. The van der Waals surface area contributed by atoms with Gasteiger partial charge in [0.25, 0.3) is 0 Å². The van der Waals surface area contributed by atoms with E-state index in [1.165, 1.54) is 0 Å². The monoisotopic (exact) mass is 485 g/mol. The fraction of sp³-hybridized carbons (Fsp3) is 0.286. The Bertz CT molecular complexity index is 1420. The van der Waals surface area contributed by atoms with Gasteiger partial charge in [-0.3, -0.25) is 4.79 Å². The molecule has 6 rings (SSSR count). The molecule has 184 valence electrons. The second-order valence-corrected chi connectivity index (χ2v) is 8.93. The average molecular weight is 486 g/mol. The lowest BCUT2D eigenvalue weighted by atomic mass is 10.1. The molecule has 1 fully saturated rings. The Hall–Kier alpha value is -4.20. The van der Waals surface area contributed by atoms with Crippen molar-refractivity contribution in [2.24, 2.45) is 0 Å². The molecular formula is C28H27N3O5. The summed E-state index contributed by atoms with van der Waals surface area (Å²) in [4.78, 5) is 19.8. The first-order chi connectivity index (χ1) is 17.7. The van der Waals surface area contributed by atoms with Crippen LogP contribution in [-0.4, -0.2) is 42.5 Å². The Kier molecular flexibility index (Phi) is 5.85. The van der Waals surface area contributed by atoms with Crippen LogP contribution in [0.1, 0.15) is 24.6 Å². The van der Waals surface area contributed by atoms with E-state index in [4.69, 9.17) is 23.9 Å². The Morgan fingerprint density at radius 3 is 2.78 bits per heavy atom. The van der Waals surface area contributed by atoms with Crippen molar-refractivity contribution in [3.63, 3.8) is 0 Å². The number of anilines is 1. The molecule has 0 radical (unpaired) electrons. The number of nitrogens with zero attached hydrogens (tertiary/aromatic N) is 3. The molecule has 3 heterocycles. The first-order valence-corrected chi connectivity index (χ1v) is 12.1. The Morgan fingerprint density at radius 2 is 1.86 bits per heavy atom. The molecule has 0 spiro atoms. The molecule has 36 heavy (non-hydrogen) atoms. The van der Waals surface area contributed by atoms with Gasteiger partial charge in [0.1, 0.15) is 17.3 Å². The van der Waals surface area contributed by atoms with Gasteiger partial charge in [0, 0.05) is 43.2 Å². The van der Waals surface area contributed by atoms with Crippen LogP contribution in [0.4, 0.5) is 5.69 Å². The number of methoxy groups -OCH3 is 1. The van der Waals surface area contributed by atoms with Gasteiger partial charge in [-0.25, -0.2) is 4.98 Å². The van der Waals surface area contributed by atoms with Gasteiger partial charge < -0.3 is 28.4 Å². The highest BCUT2D eigenvalue weighted by molar-refractivity contribution is 5.97. The zero-order valence-corrected chi connectivity index (χ0v) is 20.1. The largest absolute Gasteiger partial charge is 0.497 e. The summed E-state index contributed by atoms with van der Waals surface area (Å²) in [5.41, 5.74) is 2.83. The van der Waals surface area contributed by atoms with Gasteiger partial charge in [0.2, 0.25) is 12.7 Å². The zero-order valence-electron chi connectivity index (χ0n) is 20.1. The van der Waals surface area contributed by atoms with Crippen LogP contribution in [0.2, 0.25) is 0 Å². The minimum atomic E-state index is -0.00498. The highest BCUT2D eigenvalue weighted by Gasteiger charge is 2.35. The SMILES string of the molecule is COc1cccc(OCCCn2c(C3CC(=O)N(c4ccc5c(c4)OCO5)C3)nc3ccccc32)c1. The van der Waals surface area contributed by atoms with E-state index in [1.54, 1.807) is 7.11 Å². The normalized spacial score (nSPS) is 16.6. The Morgan fingerprint density at radius 1 is 1.00 bits per heavy atom. The van der Waals surface area contributed by atoms with E-state index in [9.17, 15) is 4.79 Å². The first kappa shape index (κ1) is 22.3. The molecule has 0 N–H and O–H groups in total. The van der Waals surface area contributed by atoms with Crippen LogP contribution < -0.4 is 23.8 Å². The van der Waals surface area contributed by atoms with Crippen molar-refractivity contribution in [3.05, 3.63) is 72.6 Å². The highest BCUT2D eigenvalue weighted by Crippen LogP contribution is 2.39. The molecule has 1 saturated heterocycles. The third-order valence-electron chi connectivity index (χ3n) is 6.68. The van der Waals surface area contributed by atoms with E-state index in [0.717, 1.165) is 47.0 Å². The molecule has 1 unspecified atom stereocenters. The maximum Gasteiger partial charge on any atom is 0.231 e. The van der Waals surface area contributed by atoms with Crippen molar-refractivity contribution < 1.29 is 23.7 Å². The zero-order chi connectivity index (χ0) is 24.5. The molecule has 1 aromatic heterocycles. The van der Waals surface area contributed by atoms with Crippen molar-refractivity contribution in [1.82, 2.24) is 9.55 Å². The summed E-state index contributed by atoms with van der Waals surface area (Å²) in [7, 11) is 1.65. The fourth-order valence-corrected chi connectivity index (χ4v) is 4.93. The number of hydrogen-bond acceptors (Lipinski definition) is 6. The average Bonchev–Trinajstić information content (AvgIpc) is 3.63. The summed E-state index contributed by atoms with van der Waals surface area (Å²) in [6, 6.07) is 21.4. The second-order valence-electron chi connectivity index (χ2n) is 8.93. The number of imidazole rings is 1. The van der Waals surface area contributed by atoms with Gasteiger partial charge in [-0.05, 0) is 42.8 Å². The van der Waals surface area contributed by atoms with Gasteiger partial charge in [-0.15, -0.1) is 0 Å². The topological polar surface area (TPSA) is 75.1 Å². The smallest absolute Gasteiger partial charge is 0.231 e. The van der Waals surface area contributed by atoms with E-state index in [0.29, 0.717) is 31.1 Å². The minimum absolute atomic E-state index is 0.00498. The standard InChI is InChI=1S/C28H27N3O5/c1-33-21-6-4-7-22(16-21)34-13-5-12-30-24-9-3-2-8-23(24)29-28(30)19-14-27(32)31(17-19)20-10-11-25-26(15-20)36-18-35-25/h2-4,6-11,15-16,19H,5,12-14,17-18H2,1H3. The van der Waals surface area contributed by atoms with Gasteiger partial charge in [0.05, 0.1) is 24.8 Å². The predicted molar refractivity (Wildman–Crippen MR) is 135 cm³/mol. The number of hydrogen-bond donors (Lipinski definition) is 0. The number of ether oxygens (including phenoxy) is 4. The van der Waals surface area contributed by atoms with Crippen LogP contribution >= 0.6 is 0 Å². The lowest BCUT2D eigenvalue weighted by Gasteiger charge is -2.18. The van der Waals surface area contributed by atoms with E-state index in [-0.39, 0.29) is 18.6 Å². The molecule has 0 bridgehead atoms. The van der Waals surface area contributed by atoms with Gasteiger partial charge in [-0.2, -0.15) is 0 Å². The van der Waals surface area contributed by atoms with E-state index in [1.807, 2.05) is 65.6 Å². The third-order valence-corrected chi connectivity index (χ3v) is 6.68. The molecular weight excluding hydrogens is 458 g/mol. The summed E-state index contributed by atoms with van der Waals surface area (Å²) < 4.78 is 24.4. The number of aromatic nitrogens is 2. The molecule has 4 aromatic rings. The van der Waals surface area contributed by atoms with Crippen molar-refractivity contribution in [2.45, 2.75) is 25.3 Å². The van der Waals surface area contributed by atoms with Crippen LogP contribution in [-0.2, 0) is 11.3 Å². The van der Waals surface area contributed by atoms with Gasteiger partial charge in [-0.1, -0.05) is 18.2 Å². The van der Waals surface area contributed by atoms with E-state index >= 15 is 0 Å².